The van der Waals surface area contributed by atoms with Gasteiger partial charge in [0.2, 0.25) is 5.91 Å². The molecule has 1 amide bonds. The molecule has 1 fully saturated rings. The summed E-state index contributed by atoms with van der Waals surface area (Å²) in [6.45, 7) is 5.12. The highest BCUT2D eigenvalue weighted by atomic mass is 35.5. The quantitative estimate of drug-likeness (QED) is 0.325. The van der Waals surface area contributed by atoms with Crippen molar-refractivity contribution < 1.29 is 9.53 Å². The van der Waals surface area contributed by atoms with E-state index in [-0.39, 0.29) is 11.8 Å². The average molecular weight is 502 g/mol. The Bertz CT molecular complexity index is 1340. The highest BCUT2D eigenvalue weighted by Crippen LogP contribution is 2.36. The number of halogens is 1. The van der Waals surface area contributed by atoms with E-state index in [0.717, 1.165) is 47.6 Å². The minimum Gasteiger partial charge on any atom is -0.495 e. The molecule has 0 spiro atoms. The molecule has 186 valence electrons. The molecule has 0 bridgehead atoms. The number of fused-ring (bicyclic) bond motifs is 1. The summed E-state index contributed by atoms with van der Waals surface area (Å²) in [6.07, 6.45) is 3.45. The summed E-state index contributed by atoms with van der Waals surface area (Å²) >= 11 is 6.19. The molecule has 6 heteroatoms. The number of anilines is 1. The van der Waals surface area contributed by atoms with Gasteiger partial charge in [0.25, 0.3) is 0 Å². The fourth-order valence-corrected chi connectivity index (χ4v) is 5.44. The van der Waals surface area contributed by atoms with Gasteiger partial charge in [0.1, 0.15) is 5.75 Å². The Balaban J connectivity index is 1.37. The van der Waals surface area contributed by atoms with Crippen molar-refractivity contribution in [2.75, 3.05) is 38.2 Å². The van der Waals surface area contributed by atoms with Crippen LogP contribution < -0.4 is 9.64 Å². The second-order valence-electron chi connectivity index (χ2n) is 9.29. The average Bonchev–Trinajstić information content (AvgIpc) is 3.36. The van der Waals surface area contributed by atoms with Gasteiger partial charge in [-0.1, -0.05) is 61.0 Å². The van der Waals surface area contributed by atoms with E-state index in [9.17, 15) is 4.79 Å². The summed E-state index contributed by atoms with van der Waals surface area (Å²) < 4.78 is 5.54. The number of ether oxygens (including phenoxy) is 1. The summed E-state index contributed by atoms with van der Waals surface area (Å²) in [4.78, 5) is 21.4. The number of benzene rings is 3. The zero-order chi connectivity index (χ0) is 25.1. The number of H-pyrrole nitrogens is 1. The van der Waals surface area contributed by atoms with Crippen LogP contribution in [-0.4, -0.2) is 49.1 Å². The van der Waals surface area contributed by atoms with Gasteiger partial charge in [0, 0.05) is 60.6 Å². The minimum absolute atomic E-state index is 0.0529. The molecular weight excluding hydrogens is 470 g/mol. The Morgan fingerprint density at radius 2 is 1.75 bits per heavy atom. The summed E-state index contributed by atoms with van der Waals surface area (Å²) in [7, 11) is 1.70. The van der Waals surface area contributed by atoms with Crippen molar-refractivity contribution in [3.8, 4) is 5.75 Å². The molecule has 1 atom stereocenters. The van der Waals surface area contributed by atoms with Crippen LogP contribution >= 0.6 is 11.6 Å². The molecule has 4 aromatic rings. The highest BCUT2D eigenvalue weighted by molar-refractivity contribution is 6.30. The minimum atomic E-state index is -0.0529. The molecule has 36 heavy (non-hydrogen) atoms. The third kappa shape index (κ3) is 4.80. The summed E-state index contributed by atoms with van der Waals surface area (Å²) in [5, 5.41) is 1.88. The highest BCUT2D eigenvalue weighted by Gasteiger charge is 2.27. The Kier molecular flexibility index (Phi) is 7.19. The lowest BCUT2D eigenvalue weighted by atomic mass is 9.87. The van der Waals surface area contributed by atoms with Gasteiger partial charge >= 0.3 is 0 Å². The molecule has 5 nitrogen and oxygen atoms in total. The number of methoxy groups -OCH3 is 1. The van der Waals surface area contributed by atoms with E-state index in [4.69, 9.17) is 16.3 Å². The number of aromatic nitrogens is 1. The topological polar surface area (TPSA) is 48.6 Å². The fraction of sp³-hybridized carbons (Fsp3) is 0.300. The summed E-state index contributed by atoms with van der Waals surface area (Å²) in [5.41, 5.74) is 5.78. The molecule has 1 aromatic heterocycles. The van der Waals surface area contributed by atoms with Crippen LogP contribution in [0.3, 0.4) is 0 Å². The molecule has 1 N–H and O–H groups in total. The number of rotatable bonds is 7. The van der Waals surface area contributed by atoms with Crippen molar-refractivity contribution in [2.24, 2.45) is 0 Å². The monoisotopic (exact) mass is 501 g/mol. The predicted molar refractivity (Wildman–Crippen MR) is 147 cm³/mol. The van der Waals surface area contributed by atoms with Gasteiger partial charge in [-0.15, -0.1) is 0 Å². The second kappa shape index (κ2) is 10.7. The molecule has 5 rings (SSSR count). The van der Waals surface area contributed by atoms with Gasteiger partial charge in [-0.2, -0.15) is 0 Å². The van der Waals surface area contributed by atoms with Crippen LogP contribution in [0.5, 0.6) is 5.75 Å². The van der Waals surface area contributed by atoms with Crippen molar-refractivity contribution in [1.29, 1.82) is 0 Å². The first-order valence-corrected chi connectivity index (χ1v) is 13.0. The summed E-state index contributed by atoms with van der Waals surface area (Å²) in [5.74, 6) is 0.990. The Hall–Kier alpha value is -3.44. The van der Waals surface area contributed by atoms with Crippen LogP contribution in [0.25, 0.3) is 10.9 Å². The number of aryl methyl sites for hydroxylation is 1. The molecule has 0 unspecified atom stereocenters. The van der Waals surface area contributed by atoms with E-state index >= 15 is 0 Å². The number of nitrogens with one attached hydrogen (secondary N) is 1. The van der Waals surface area contributed by atoms with E-state index in [1.165, 1.54) is 10.9 Å². The Morgan fingerprint density at radius 1 is 1.00 bits per heavy atom. The molecule has 0 aliphatic carbocycles. The number of piperazine rings is 1. The maximum atomic E-state index is 13.6. The lowest BCUT2D eigenvalue weighted by Crippen LogP contribution is -2.49. The van der Waals surface area contributed by atoms with Crippen LogP contribution in [-0.2, 0) is 11.2 Å². The SMILES string of the molecule is CCc1cccc2c([C@H](CC(=O)N3CCN(c4ccccc4OC)CC3)c3ccc(Cl)cc3)c[nH]c12. The second-order valence-corrected chi connectivity index (χ2v) is 9.72. The molecule has 0 saturated carbocycles. The molecule has 1 aliphatic heterocycles. The van der Waals surface area contributed by atoms with Crippen molar-refractivity contribution in [3.63, 3.8) is 0 Å². The summed E-state index contributed by atoms with van der Waals surface area (Å²) in [6, 6.07) is 22.4. The maximum absolute atomic E-state index is 13.6. The van der Waals surface area contributed by atoms with Crippen LogP contribution in [0, 0.1) is 0 Å². The first-order valence-electron chi connectivity index (χ1n) is 12.6. The number of nitrogens with zero attached hydrogens (tertiary/aromatic N) is 2. The third-order valence-corrected chi connectivity index (χ3v) is 7.55. The number of hydrogen-bond donors (Lipinski definition) is 1. The lowest BCUT2D eigenvalue weighted by molar-refractivity contribution is -0.131. The van der Waals surface area contributed by atoms with E-state index in [1.807, 2.05) is 47.4 Å². The Morgan fingerprint density at radius 3 is 2.47 bits per heavy atom. The standard InChI is InChI=1S/C30H32ClN3O2/c1-3-21-7-6-8-24-26(20-32-30(21)24)25(22-11-13-23(31)14-12-22)19-29(35)34-17-15-33(16-18-34)27-9-4-5-10-28(27)36-2/h4-14,20,25,32H,3,15-19H2,1-2H3/t25-/m1/s1. The van der Waals surface area contributed by atoms with Crippen LogP contribution in [0.2, 0.25) is 5.02 Å². The third-order valence-electron chi connectivity index (χ3n) is 7.30. The fourth-order valence-electron chi connectivity index (χ4n) is 5.32. The number of carbonyl (C=O) groups is 1. The van der Waals surface area contributed by atoms with E-state index in [1.54, 1.807) is 7.11 Å². The van der Waals surface area contributed by atoms with E-state index < -0.39 is 0 Å². The lowest BCUT2D eigenvalue weighted by Gasteiger charge is -2.37. The molecular formula is C30H32ClN3O2. The van der Waals surface area contributed by atoms with Gasteiger partial charge in [0.05, 0.1) is 12.8 Å². The zero-order valence-electron chi connectivity index (χ0n) is 20.8. The Labute approximate surface area is 217 Å². The van der Waals surface area contributed by atoms with Crippen molar-refractivity contribution >= 4 is 34.1 Å². The van der Waals surface area contributed by atoms with E-state index in [0.29, 0.717) is 24.5 Å². The molecule has 0 radical (unpaired) electrons. The van der Waals surface area contributed by atoms with Crippen LogP contribution in [0.1, 0.15) is 36.0 Å². The first-order chi connectivity index (χ1) is 17.6. The smallest absolute Gasteiger partial charge is 0.223 e. The van der Waals surface area contributed by atoms with E-state index in [2.05, 4.69) is 47.3 Å². The van der Waals surface area contributed by atoms with Crippen LogP contribution in [0.4, 0.5) is 5.69 Å². The molecule has 1 saturated heterocycles. The van der Waals surface area contributed by atoms with Gasteiger partial charge in [-0.25, -0.2) is 0 Å². The number of para-hydroxylation sites is 3. The molecule has 1 aliphatic rings. The predicted octanol–water partition coefficient (Wildman–Crippen LogP) is 6.26. The maximum Gasteiger partial charge on any atom is 0.223 e. The van der Waals surface area contributed by atoms with Gasteiger partial charge in [0.15, 0.2) is 0 Å². The first kappa shape index (κ1) is 24.3. The number of amides is 1. The number of aromatic amines is 1. The number of carbonyl (C=O) groups excluding carboxylic acids is 1. The van der Waals surface area contributed by atoms with Crippen molar-refractivity contribution in [1.82, 2.24) is 9.88 Å². The van der Waals surface area contributed by atoms with Crippen molar-refractivity contribution in [2.45, 2.75) is 25.7 Å². The molecule has 2 heterocycles. The van der Waals surface area contributed by atoms with Crippen LogP contribution in [0.15, 0.2) is 72.9 Å². The van der Waals surface area contributed by atoms with Gasteiger partial charge in [-0.3, -0.25) is 4.79 Å². The van der Waals surface area contributed by atoms with Gasteiger partial charge < -0.3 is 19.5 Å². The normalized spacial score (nSPS) is 14.8. The van der Waals surface area contributed by atoms with Crippen molar-refractivity contribution in [3.05, 3.63) is 94.6 Å². The largest absolute Gasteiger partial charge is 0.495 e. The number of hydrogen-bond acceptors (Lipinski definition) is 3. The zero-order valence-corrected chi connectivity index (χ0v) is 21.6. The molecule has 3 aromatic carbocycles. The van der Waals surface area contributed by atoms with Gasteiger partial charge in [-0.05, 0) is 47.4 Å².